The lowest BCUT2D eigenvalue weighted by atomic mass is 10.2. The van der Waals surface area contributed by atoms with Crippen LogP contribution in [0.25, 0.3) is 0 Å². The molecule has 1 unspecified atom stereocenters. The fraction of sp³-hybridized carbons (Fsp3) is 0.600. The van der Waals surface area contributed by atoms with E-state index in [9.17, 15) is 8.42 Å². The summed E-state index contributed by atoms with van der Waals surface area (Å²) >= 11 is 0. The lowest BCUT2D eigenvalue weighted by molar-refractivity contribution is 0.401. The average Bonchev–Trinajstić information content (AvgIpc) is 2.46. The SMILES string of the molecule is CCCNCc1ccc(S(=O)(=O)NC(C)CC)c(OC)c1. The molecular weight excluding hydrogens is 288 g/mol. The highest BCUT2D eigenvalue weighted by Crippen LogP contribution is 2.25. The predicted octanol–water partition coefficient (Wildman–Crippen LogP) is 2.27. The molecule has 0 aliphatic carbocycles. The second-order valence-corrected chi connectivity index (χ2v) is 6.77. The number of hydrogen-bond donors (Lipinski definition) is 2. The highest BCUT2D eigenvalue weighted by molar-refractivity contribution is 7.89. The molecule has 1 rings (SSSR count). The van der Waals surface area contributed by atoms with Gasteiger partial charge >= 0.3 is 0 Å². The van der Waals surface area contributed by atoms with Crippen LogP contribution in [0.2, 0.25) is 0 Å². The number of methoxy groups -OCH3 is 1. The molecule has 0 heterocycles. The van der Waals surface area contributed by atoms with Gasteiger partial charge in [0.05, 0.1) is 7.11 Å². The van der Waals surface area contributed by atoms with E-state index in [0.29, 0.717) is 12.3 Å². The third-order valence-electron chi connectivity index (χ3n) is 3.24. The molecule has 0 aliphatic heterocycles. The van der Waals surface area contributed by atoms with Crippen molar-refractivity contribution in [3.8, 4) is 5.75 Å². The predicted molar refractivity (Wildman–Crippen MR) is 85.1 cm³/mol. The summed E-state index contributed by atoms with van der Waals surface area (Å²) < 4.78 is 32.6. The van der Waals surface area contributed by atoms with Gasteiger partial charge in [-0.25, -0.2) is 13.1 Å². The van der Waals surface area contributed by atoms with Gasteiger partial charge in [0.2, 0.25) is 10.0 Å². The van der Waals surface area contributed by atoms with E-state index in [4.69, 9.17) is 4.74 Å². The van der Waals surface area contributed by atoms with Gasteiger partial charge in [-0.2, -0.15) is 0 Å². The molecule has 120 valence electrons. The summed E-state index contributed by atoms with van der Waals surface area (Å²) in [5.74, 6) is 0.376. The Balaban J connectivity index is 2.97. The second-order valence-electron chi connectivity index (χ2n) is 5.09. The van der Waals surface area contributed by atoms with Crippen molar-refractivity contribution >= 4 is 10.0 Å². The molecule has 1 atom stereocenters. The molecule has 1 aromatic rings. The minimum absolute atomic E-state index is 0.106. The molecule has 6 heteroatoms. The summed E-state index contributed by atoms with van der Waals surface area (Å²) in [6.45, 7) is 7.51. The molecule has 0 saturated carbocycles. The molecule has 5 nitrogen and oxygen atoms in total. The topological polar surface area (TPSA) is 67.4 Å². The third kappa shape index (κ3) is 5.30. The molecule has 0 aliphatic rings. The lowest BCUT2D eigenvalue weighted by Gasteiger charge is -2.15. The van der Waals surface area contributed by atoms with Gasteiger partial charge in [0.1, 0.15) is 10.6 Å². The van der Waals surface area contributed by atoms with E-state index in [2.05, 4.69) is 17.0 Å². The van der Waals surface area contributed by atoms with Crippen molar-refractivity contribution in [2.75, 3.05) is 13.7 Å². The van der Waals surface area contributed by atoms with Crippen molar-refractivity contribution in [2.24, 2.45) is 0 Å². The molecule has 0 saturated heterocycles. The van der Waals surface area contributed by atoms with Crippen LogP contribution in [0.4, 0.5) is 0 Å². The highest BCUT2D eigenvalue weighted by atomic mass is 32.2. The first-order valence-corrected chi connectivity index (χ1v) is 8.82. The van der Waals surface area contributed by atoms with Gasteiger partial charge in [-0.05, 0) is 44.0 Å². The zero-order chi connectivity index (χ0) is 15.9. The van der Waals surface area contributed by atoms with Gasteiger partial charge in [0.15, 0.2) is 0 Å². The van der Waals surface area contributed by atoms with Crippen LogP contribution >= 0.6 is 0 Å². The molecule has 21 heavy (non-hydrogen) atoms. The Kier molecular flexibility index (Phi) is 7.14. The third-order valence-corrected chi connectivity index (χ3v) is 4.87. The van der Waals surface area contributed by atoms with Crippen LogP contribution in [0.3, 0.4) is 0 Å². The normalized spacial score (nSPS) is 13.1. The fourth-order valence-electron chi connectivity index (χ4n) is 1.87. The Hall–Kier alpha value is -1.11. The Labute approximate surface area is 128 Å². The lowest BCUT2D eigenvalue weighted by Crippen LogP contribution is -2.32. The van der Waals surface area contributed by atoms with Gasteiger partial charge in [-0.3, -0.25) is 0 Å². The number of benzene rings is 1. The maximum Gasteiger partial charge on any atom is 0.244 e. The minimum Gasteiger partial charge on any atom is -0.495 e. The quantitative estimate of drug-likeness (QED) is 0.686. The number of sulfonamides is 1. The van der Waals surface area contributed by atoms with Crippen molar-refractivity contribution in [1.82, 2.24) is 10.0 Å². The number of ether oxygens (including phenoxy) is 1. The Morgan fingerprint density at radius 3 is 2.57 bits per heavy atom. The molecule has 0 fully saturated rings. The van der Waals surface area contributed by atoms with Gasteiger partial charge in [-0.1, -0.05) is 19.9 Å². The van der Waals surface area contributed by atoms with E-state index in [1.54, 1.807) is 12.1 Å². The molecule has 0 amide bonds. The fourth-order valence-corrected chi connectivity index (χ4v) is 3.34. The molecular formula is C15H26N2O3S. The first-order valence-electron chi connectivity index (χ1n) is 7.34. The summed E-state index contributed by atoms with van der Waals surface area (Å²) in [5, 5.41) is 3.28. The monoisotopic (exact) mass is 314 g/mol. The van der Waals surface area contributed by atoms with E-state index in [1.807, 2.05) is 19.9 Å². The van der Waals surface area contributed by atoms with Crippen LogP contribution < -0.4 is 14.8 Å². The zero-order valence-electron chi connectivity index (χ0n) is 13.3. The van der Waals surface area contributed by atoms with Crippen molar-refractivity contribution in [1.29, 1.82) is 0 Å². The maximum absolute atomic E-state index is 12.3. The van der Waals surface area contributed by atoms with E-state index in [-0.39, 0.29) is 10.9 Å². The Morgan fingerprint density at radius 1 is 1.29 bits per heavy atom. The van der Waals surface area contributed by atoms with Gasteiger partial charge in [-0.15, -0.1) is 0 Å². The zero-order valence-corrected chi connectivity index (χ0v) is 14.1. The maximum atomic E-state index is 12.3. The minimum atomic E-state index is -3.55. The van der Waals surface area contributed by atoms with Crippen molar-refractivity contribution in [3.63, 3.8) is 0 Å². The number of nitrogens with one attached hydrogen (secondary N) is 2. The Morgan fingerprint density at radius 2 is 2.00 bits per heavy atom. The van der Waals surface area contributed by atoms with Crippen LogP contribution in [0.1, 0.15) is 39.2 Å². The molecule has 2 N–H and O–H groups in total. The smallest absolute Gasteiger partial charge is 0.244 e. The summed E-state index contributed by atoms with van der Waals surface area (Å²) in [5.41, 5.74) is 1.00. The van der Waals surface area contributed by atoms with Gasteiger partial charge in [0.25, 0.3) is 0 Å². The van der Waals surface area contributed by atoms with Gasteiger partial charge in [0, 0.05) is 12.6 Å². The molecule has 0 spiro atoms. The number of rotatable bonds is 9. The molecule has 0 bridgehead atoms. The summed E-state index contributed by atoms with van der Waals surface area (Å²) in [6, 6.07) is 5.09. The van der Waals surface area contributed by atoms with E-state index >= 15 is 0 Å². The summed E-state index contributed by atoms with van der Waals surface area (Å²) in [7, 11) is -2.06. The van der Waals surface area contributed by atoms with E-state index in [0.717, 1.165) is 24.9 Å². The standard InChI is InChI=1S/C15H26N2O3S/c1-5-9-16-11-13-7-8-15(14(10-13)20-4)21(18,19)17-12(3)6-2/h7-8,10,12,16-17H,5-6,9,11H2,1-4H3. The first kappa shape index (κ1) is 17.9. The summed E-state index contributed by atoms with van der Waals surface area (Å²) in [6.07, 6.45) is 1.79. The van der Waals surface area contributed by atoms with E-state index < -0.39 is 10.0 Å². The van der Waals surface area contributed by atoms with Crippen LogP contribution in [0, 0.1) is 0 Å². The van der Waals surface area contributed by atoms with Crippen molar-refractivity contribution in [3.05, 3.63) is 23.8 Å². The van der Waals surface area contributed by atoms with Crippen LogP contribution in [-0.2, 0) is 16.6 Å². The first-order chi connectivity index (χ1) is 9.94. The molecule has 0 aromatic heterocycles. The largest absolute Gasteiger partial charge is 0.495 e. The summed E-state index contributed by atoms with van der Waals surface area (Å²) in [4.78, 5) is 0.185. The van der Waals surface area contributed by atoms with Crippen molar-refractivity contribution < 1.29 is 13.2 Å². The van der Waals surface area contributed by atoms with Gasteiger partial charge < -0.3 is 10.1 Å². The van der Waals surface area contributed by atoms with Crippen molar-refractivity contribution in [2.45, 2.75) is 51.1 Å². The average molecular weight is 314 g/mol. The second kappa shape index (κ2) is 8.36. The van der Waals surface area contributed by atoms with Crippen LogP contribution in [0.15, 0.2) is 23.1 Å². The molecule has 0 radical (unpaired) electrons. The van der Waals surface area contributed by atoms with E-state index in [1.165, 1.54) is 7.11 Å². The van der Waals surface area contributed by atoms with Crippen LogP contribution in [0.5, 0.6) is 5.75 Å². The highest BCUT2D eigenvalue weighted by Gasteiger charge is 2.21. The Bertz CT molecular complexity index is 544. The number of hydrogen-bond acceptors (Lipinski definition) is 4. The van der Waals surface area contributed by atoms with Crippen LogP contribution in [-0.4, -0.2) is 28.1 Å². The molecule has 1 aromatic carbocycles.